The Morgan fingerprint density at radius 2 is 0.684 bits per heavy atom. The lowest BCUT2D eigenvalue weighted by molar-refractivity contribution is -0.870. The number of quaternary nitrogens is 1. The summed E-state index contributed by atoms with van der Waals surface area (Å²) < 4.78 is 22.6. The number of ether oxygens (including phenoxy) is 4. The normalized spacial score (nSPS) is 14.0. The molecular formula is C70H109NO8. The van der Waals surface area contributed by atoms with E-state index in [1.165, 1.54) is 12.8 Å². The third kappa shape index (κ3) is 60.1. The minimum absolute atomic E-state index is 0.131. The number of hydrogen-bond donors (Lipinski definition) is 0. The second kappa shape index (κ2) is 58.8. The van der Waals surface area contributed by atoms with Crippen LogP contribution < -0.4 is 5.11 Å². The molecule has 0 saturated carbocycles. The van der Waals surface area contributed by atoms with Crippen molar-refractivity contribution in [3.05, 3.63) is 170 Å². The molecule has 0 aliphatic rings. The van der Waals surface area contributed by atoms with Gasteiger partial charge in [0.15, 0.2) is 12.4 Å². The summed E-state index contributed by atoms with van der Waals surface area (Å²) in [4.78, 5) is 37.2. The molecule has 442 valence electrons. The van der Waals surface area contributed by atoms with E-state index >= 15 is 0 Å². The largest absolute Gasteiger partial charge is 0.545 e. The number of nitrogens with zero attached hydrogens (tertiary/aromatic N) is 1. The zero-order valence-corrected chi connectivity index (χ0v) is 50.2. The number of carbonyl (C=O) groups is 3. The number of unbranched alkanes of at least 4 members (excludes halogenated alkanes) is 10. The Morgan fingerprint density at radius 3 is 1.03 bits per heavy atom. The second-order valence-corrected chi connectivity index (χ2v) is 20.5. The maximum atomic E-state index is 12.8. The Labute approximate surface area is 482 Å². The van der Waals surface area contributed by atoms with Gasteiger partial charge in [0, 0.05) is 12.8 Å². The van der Waals surface area contributed by atoms with Crippen molar-refractivity contribution in [2.45, 2.75) is 206 Å². The Balaban J connectivity index is 4.20. The van der Waals surface area contributed by atoms with Gasteiger partial charge in [0.1, 0.15) is 13.2 Å². The fraction of sp³-hybridized carbons (Fsp3) is 0.557. The number of carbonyl (C=O) groups excluding carboxylic acids is 3. The fourth-order valence-electron chi connectivity index (χ4n) is 7.38. The first-order chi connectivity index (χ1) is 38.6. The van der Waals surface area contributed by atoms with Crippen molar-refractivity contribution in [3.8, 4) is 0 Å². The van der Waals surface area contributed by atoms with Crippen molar-refractivity contribution in [2.75, 3.05) is 47.5 Å². The molecule has 0 fully saturated rings. The summed E-state index contributed by atoms with van der Waals surface area (Å²) in [5.74, 6) is -2.36. The summed E-state index contributed by atoms with van der Waals surface area (Å²) in [7, 11) is 5.89. The molecule has 9 nitrogen and oxygen atoms in total. The molecular weight excluding hydrogens is 983 g/mol. The van der Waals surface area contributed by atoms with E-state index in [9.17, 15) is 19.5 Å². The number of carboxylic acids is 1. The highest BCUT2D eigenvalue weighted by atomic mass is 16.7. The second-order valence-electron chi connectivity index (χ2n) is 20.5. The number of aliphatic carboxylic acids is 1. The van der Waals surface area contributed by atoms with Gasteiger partial charge in [-0.3, -0.25) is 9.59 Å². The fourth-order valence-corrected chi connectivity index (χ4v) is 7.38. The molecule has 0 N–H and O–H groups in total. The van der Waals surface area contributed by atoms with Crippen LogP contribution in [0.25, 0.3) is 0 Å². The third-order valence-corrected chi connectivity index (χ3v) is 12.0. The molecule has 0 amide bonds. The number of carboxylic acid groups (broad SMARTS) is 1. The van der Waals surface area contributed by atoms with Crippen LogP contribution in [0.15, 0.2) is 170 Å². The van der Waals surface area contributed by atoms with Crippen LogP contribution >= 0.6 is 0 Å². The molecule has 0 aliphatic carbocycles. The van der Waals surface area contributed by atoms with Crippen molar-refractivity contribution >= 4 is 17.9 Å². The van der Waals surface area contributed by atoms with E-state index in [1.807, 2.05) is 21.1 Å². The van der Waals surface area contributed by atoms with Gasteiger partial charge < -0.3 is 33.3 Å². The molecule has 79 heavy (non-hydrogen) atoms. The number of likely N-dealkylation sites (N-methyl/N-ethyl adjacent to an activating group) is 1. The summed E-state index contributed by atoms with van der Waals surface area (Å²) in [6.45, 7) is 4.43. The molecule has 0 aliphatic heterocycles. The molecule has 0 rings (SSSR count). The van der Waals surface area contributed by atoms with E-state index in [1.54, 1.807) is 0 Å². The van der Waals surface area contributed by atoms with Crippen molar-refractivity contribution in [1.29, 1.82) is 0 Å². The monoisotopic (exact) mass is 1090 g/mol. The van der Waals surface area contributed by atoms with E-state index < -0.39 is 30.3 Å². The summed E-state index contributed by atoms with van der Waals surface area (Å²) in [5.41, 5.74) is 0. The van der Waals surface area contributed by atoms with Gasteiger partial charge in [-0.15, -0.1) is 0 Å². The Morgan fingerprint density at radius 1 is 0.380 bits per heavy atom. The molecule has 0 aromatic rings. The summed E-state index contributed by atoms with van der Waals surface area (Å²) in [6, 6.07) is 0. The van der Waals surface area contributed by atoms with Crippen LogP contribution in [-0.2, 0) is 33.3 Å². The maximum absolute atomic E-state index is 12.8. The van der Waals surface area contributed by atoms with E-state index in [4.69, 9.17) is 18.9 Å². The lowest BCUT2D eigenvalue weighted by atomic mass is 10.1. The predicted molar refractivity (Wildman–Crippen MR) is 333 cm³/mol. The zero-order chi connectivity index (χ0) is 57.6. The molecule has 2 atom stereocenters. The summed E-state index contributed by atoms with van der Waals surface area (Å²) >= 11 is 0. The molecule has 0 aromatic carbocycles. The van der Waals surface area contributed by atoms with Crippen molar-refractivity contribution in [3.63, 3.8) is 0 Å². The van der Waals surface area contributed by atoms with Crippen LogP contribution in [0.4, 0.5) is 0 Å². The maximum Gasteiger partial charge on any atom is 0.306 e. The SMILES string of the molecule is CC/C=C\C/C=C\C/C=C\C/C=C\C/C=C\C/C=C\C/C=C\C/C=C\C/C=C\C/C=C\C/C=C\CCCCCCCCCC(=O)OC(COC(=O)CCCCC/C=C\C/C=C\C/C=C\CC)COC(OCC[N+](C)(C)C)C(=O)[O-]. The standard InChI is InChI=1S/C70H109NO8/c1-6-8-10-12-14-16-18-20-21-22-23-24-25-26-27-28-29-30-31-32-33-34-35-36-37-38-39-40-41-42-43-44-45-46-47-49-51-53-55-57-59-61-68(73)79-66(65-78-70(69(74)75)76-63-62-71(3,4)5)64-77-67(72)60-58-56-54-52-50-48-19-17-15-13-11-9-7-2/h8-11,14-17,20-21,23-24,26-27,29-30,32-33,35-36,38-39,41-42,44-45,48,50,66,70H,6-7,12-13,18-19,22,25,28,31,34,37,40,43,46-47,49,51-65H2,1-5H3/b10-8-,11-9-,16-14-,17-15-,21-20-,24-23-,27-26-,30-29-,33-32-,36-35-,39-38-,42-41-,45-44-,50-48-. The quantitative estimate of drug-likeness (QED) is 0.0195. The summed E-state index contributed by atoms with van der Waals surface area (Å²) in [5, 5.41) is 11.8. The van der Waals surface area contributed by atoms with Gasteiger partial charge in [-0.2, -0.15) is 0 Å². The Kier molecular flexibility index (Phi) is 54.8. The van der Waals surface area contributed by atoms with Crippen LogP contribution in [-0.4, -0.2) is 82.3 Å². The van der Waals surface area contributed by atoms with Crippen molar-refractivity contribution < 1.29 is 42.9 Å². The minimum Gasteiger partial charge on any atom is -0.545 e. The van der Waals surface area contributed by atoms with Gasteiger partial charge in [0.25, 0.3) is 0 Å². The van der Waals surface area contributed by atoms with Crippen molar-refractivity contribution in [1.82, 2.24) is 0 Å². The molecule has 2 unspecified atom stereocenters. The van der Waals surface area contributed by atoms with E-state index in [2.05, 4.69) is 184 Å². The predicted octanol–water partition coefficient (Wildman–Crippen LogP) is 17.0. The molecule has 0 aromatic heterocycles. The van der Waals surface area contributed by atoms with Crippen LogP contribution in [0.3, 0.4) is 0 Å². The van der Waals surface area contributed by atoms with Gasteiger partial charge in [0.05, 0.1) is 40.3 Å². The minimum atomic E-state index is -1.64. The zero-order valence-electron chi connectivity index (χ0n) is 50.2. The van der Waals surface area contributed by atoms with Crippen LogP contribution in [0, 0.1) is 0 Å². The van der Waals surface area contributed by atoms with Crippen LogP contribution in [0.2, 0.25) is 0 Å². The molecule has 0 heterocycles. The molecule has 0 radical (unpaired) electrons. The highest BCUT2D eigenvalue weighted by Gasteiger charge is 2.22. The Bertz CT molecular complexity index is 1900. The molecule has 0 saturated heterocycles. The third-order valence-electron chi connectivity index (χ3n) is 12.0. The van der Waals surface area contributed by atoms with Crippen molar-refractivity contribution in [2.24, 2.45) is 0 Å². The molecule has 0 spiro atoms. The smallest absolute Gasteiger partial charge is 0.306 e. The highest BCUT2D eigenvalue weighted by Crippen LogP contribution is 2.13. The van der Waals surface area contributed by atoms with E-state index in [0.29, 0.717) is 23.9 Å². The number of rotatable bonds is 53. The number of allylic oxidation sites excluding steroid dienone is 28. The highest BCUT2D eigenvalue weighted by molar-refractivity contribution is 5.70. The average molecular weight is 1090 g/mol. The van der Waals surface area contributed by atoms with Crippen LogP contribution in [0.1, 0.15) is 194 Å². The Hall–Kier alpha value is -5.35. The summed E-state index contributed by atoms with van der Waals surface area (Å²) in [6.07, 6.45) is 85.7. The first-order valence-electron chi connectivity index (χ1n) is 30.3. The van der Waals surface area contributed by atoms with Gasteiger partial charge in [-0.1, -0.05) is 223 Å². The van der Waals surface area contributed by atoms with Gasteiger partial charge >= 0.3 is 11.9 Å². The molecule has 9 heteroatoms. The lowest BCUT2D eigenvalue weighted by Gasteiger charge is -2.26. The van der Waals surface area contributed by atoms with E-state index in [-0.39, 0.29) is 32.7 Å². The number of hydrogen-bond acceptors (Lipinski definition) is 8. The van der Waals surface area contributed by atoms with Crippen LogP contribution in [0.5, 0.6) is 0 Å². The first kappa shape index (κ1) is 73.7. The van der Waals surface area contributed by atoms with Gasteiger partial charge in [-0.05, 0) is 128 Å². The lowest BCUT2D eigenvalue weighted by Crippen LogP contribution is -2.44. The van der Waals surface area contributed by atoms with Gasteiger partial charge in [0.2, 0.25) is 0 Å². The van der Waals surface area contributed by atoms with Gasteiger partial charge in [-0.25, -0.2) is 0 Å². The number of esters is 2. The first-order valence-corrected chi connectivity index (χ1v) is 30.3. The topological polar surface area (TPSA) is 111 Å². The van der Waals surface area contributed by atoms with E-state index in [0.717, 1.165) is 141 Å². The molecule has 0 bridgehead atoms. The average Bonchev–Trinajstić information content (AvgIpc) is 3.42.